The molecule has 0 aliphatic heterocycles. The van der Waals surface area contributed by atoms with Crippen molar-refractivity contribution in [2.75, 3.05) is 0 Å². The van der Waals surface area contributed by atoms with E-state index >= 15 is 0 Å². The summed E-state index contributed by atoms with van der Waals surface area (Å²) in [5.41, 5.74) is 3.76. The SMILES string of the molecule is C=C/C=C1/CCC(P)C/C1=C/C. The van der Waals surface area contributed by atoms with E-state index in [0.29, 0.717) is 0 Å². The van der Waals surface area contributed by atoms with Gasteiger partial charge in [-0.05, 0) is 43.0 Å². The molecule has 0 aromatic heterocycles. The van der Waals surface area contributed by atoms with Crippen molar-refractivity contribution in [1.29, 1.82) is 0 Å². The van der Waals surface area contributed by atoms with Gasteiger partial charge < -0.3 is 0 Å². The fraction of sp³-hybridized carbons (Fsp3) is 0.455. The van der Waals surface area contributed by atoms with E-state index in [4.69, 9.17) is 0 Å². The highest BCUT2D eigenvalue weighted by Crippen LogP contribution is 2.32. The fourth-order valence-electron chi connectivity index (χ4n) is 1.65. The van der Waals surface area contributed by atoms with Crippen LogP contribution in [0.5, 0.6) is 0 Å². The minimum atomic E-state index is 0.776. The van der Waals surface area contributed by atoms with Gasteiger partial charge >= 0.3 is 0 Å². The van der Waals surface area contributed by atoms with Gasteiger partial charge in [0.2, 0.25) is 0 Å². The smallest absolute Gasteiger partial charge is 0.0216 e. The summed E-state index contributed by atoms with van der Waals surface area (Å²) in [6, 6.07) is 0. The summed E-state index contributed by atoms with van der Waals surface area (Å²) in [6.45, 7) is 5.85. The molecule has 1 aliphatic rings. The molecule has 0 amide bonds. The third-order valence-corrected chi connectivity index (χ3v) is 2.92. The number of rotatable bonds is 1. The fourth-order valence-corrected chi connectivity index (χ4v) is 2.07. The van der Waals surface area contributed by atoms with E-state index in [0.717, 1.165) is 5.66 Å². The van der Waals surface area contributed by atoms with Crippen molar-refractivity contribution in [2.45, 2.75) is 31.8 Å². The molecular weight excluding hydrogens is 163 g/mol. The Morgan fingerprint density at radius 1 is 1.50 bits per heavy atom. The van der Waals surface area contributed by atoms with Crippen LogP contribution >= 0.6 is 9.24 Å². The van der Waals surface area contributed by atoms with Crippen LogP contribution in [0.4, 0.5) is 0 Å². The molecule has 12 heavy (non-hydrogen) atoms. The molecule has 0 radical (unpaired) electrons. The van der Waals surface area contributed by atoms with Gasteiger partial charge in [0.05, 0.1) is 0 Å². The van der Waals surface area contributed by atoms with E-state index in [2.05, 4.69) is 34.9 Å². The lowest BCUT2D eigenvalue weighted by Gasteiger charge is -2.23. The Morgan fingerprint density at radius 3 is 2.83 bits per heavy atom. The van der Waals surface area contributed by atoms with Gasteiger partial charge in [-0.25, -0.2) is 0 Å². The Balaban J connectivity index is 2.76. The highest BCUT2D eigenvalue weighted by molar-refractivity contribution is 7.17. The summed E-state index contributed by atoms with van der Waals surface area (Å²) in [5, 5.41) is 0. The Kier molecular flexibility index (Phi) is 3.75. The molecule has 66 valence electrons. The zero-order valence-electron chi connectivity index (χ0n) is 7.72. The van der Waals surface area contributed by atoms with Crippen molar-refractivity contribution in [2.24, 2.45) is 0 Å². The van der Waals surface area contributed by atoms with Crippen molar-refractivity contribution in [1.82, 2.24) is 0 Å². The summed E-state index contributed by atoms with van der Waals surface area (Å²) < 4.78 is 0. The Labute approximate surface area is 77.6 Å². The average Bonchev–Trinajstić information content (AvgIpc) is 2.08. The van der Waals surface area contributed by atoms with Crippen molar-refractivity contribution in [3.63, 3.8) is 0 Å². The minimum absolute atomic E-state index is 0.776. The largest absolute Gasteiger partial charge is 0.134 e. The molecular formula is C11H17P. The minimum Gasteiger partial charge on any atom is -0.134 e. The monoisotopic (exact) mass is 180 g/mol. The quantitative estimate of drug-likeness (QED) is 0.542. The Hall–Kier alpha value is -0.350. The molecule has 0 aromatic rings. The molecule has 1 fully saturated rings. The maximum Gasteiger partial charge on any atom is -0.0216 e. The Bertz CT molecular complexity index is 223. The maximum absolute atomic E-state index is 3.73. The summed E-state index contributed by atoms with van der Waals surface area (Å²) in [5.74, 6) is 0. The van der Waals surface area contributed by atoms with Gasteiger partial charge in [0, 0.05) is 0 Å². The molecule has 0 bridgehead atoms. The van der Waals surface area contributed by atoms with Crippen LogP contribution in [0.3, 0.4) is 0 Å². The summed E-state index contributed by atoms with van der Waals surface area (Å²) in [4.78, 5) is 0. The standard InChI is InChI=1S/C11H17P/c1-3-5-10-6-7-11(12)8-9(10)4-2/h3-5,11H,1,6-8,12H2,2H3/b9-4-,10-5-. The normalized spacial score (nSPS) is 31.0. The first kappa shape index (κ1) is 9.74. The van der Waals surface area contributed by atoms with Crippen LogP contribution in [0.2, 0.25) is 0 Å². The first-order chi connectivity index (χ1) is 5.77. The lowest BCUT2D eigenvalue weighted by molar-refractivity contribution is 0.695. The van der Waals surface area contributed by atoms with E-state index in [1.807, 2.05) is 6.08 Å². The zero-order valence-corrected chi connectivity index (χ0v) is 8.87. The van der Waals surface area contributed by atoms with E-state index in [1.54, 1.807) is 0 Å². The third-order valence-electron chi connectivity index (χ3n) is 2.35. The van der Waals surface area contributed by atoms with Gasteiger partial charge in [-0.2, -0.15) is 0 Å². The van der Waals surface area contributed by atoms with Gasteiger partial charge in [0.15, 0.2) is 0 Å². The van der Waals surface area contributed by atoms with E-state index in [-0.39, 0.29) is 0 Å². The third kappa shape index (κ3) is 2.32. The van der Waals surface area contributed by atoms with E-state index < -0.39 is 0 Å². The predicted molar refractivity (Wildman–Crippen MR) is 59.4 cm³/mol. The lowest BCUT2D eigenvalue weighted by atomic mass is 9.89. The average molecular weight is 180 g/mol. The summed E-state index contributed by atoms with van der Waals surface area (Å²) in [6.07, 6.45) is 9.97. The lowest BCUT2D eigenvalue weighted by Crippen LogP contribution is -2.09. The van der Waals surface area contributed by atoms with Gasteiger partial charge in [-0.3, -0.25) is 0 Å². The second-order valence-corrected chi connectivity index (χ2v) is 4.19. The summed E-state index contributed by atoms with van der Waals surface area (Å²) in [7, 11) is 2.92. The van der Waals surface area contributed by atoms with E-state index in [9.17, 15) is 0 Å². The molecule has 0 nitrogen and oxygen atoms in total. The highest BCUT2D eigenvalue weighted by atomic mass is 31.0. The highest BCUT2D eigenvalue weighted by Gasteiger charge is 2.15. The molecule has 1 rings (SSSR count). The van der Waals surface area contributed by atoms with Gasteiger partial charge in [-0.15, -0.1) is 9.24 Å². The molecule has 0 N–H and O–H groups in total. The topological polar surface area (TPSA) is 0 Å². The zero-order chi connectivity index (χ0) is 8.97. The number of hydrogen-bond donors (Lipinski definition) is 0. The molecule has 1 aliphatic carbocycles. The van der Waals surface area contributed by atoms with Crippen LogP contribution in [0.25, 0.3) is 0 Å². The van der Waals surface area contributed by atoms with Crippen LogP contribution in [-0.4, -0.2) is 5.66 Å². The molecule has 0 aromatic carbocycles. The van der Waals surface area contributed by atoms with Gasteiger partial charge in [0.25, 0.3) is 0 Å². The van der Waals surface area contributed by atoms with Crippen LogP contribution in [-0.2, 0) is 0 Å². The number of allylic oxidation sites excluding steroid dienone is 5. The first-order valence-corrected chi connectivity index (χ1v) is 5.17. The summed E-state index contributed by atoms with van der Waals surface area (Å²) >= 11 is 0. The van der Waals surface area contributed by atoms with Crippen molar-refractivity contribution in [3.05, 3.63) is 36.0 Å². The van der Waals surface area contributed by atoms with Crippen LogP contribution < -0.4 is 0 Å². The predicted octanol–water partition coefficient (Wildman–Crippen LogP) is 3.47. The molecule has 1 heteroatoms. The number of hydrogen-bond acceptors (Lipinski definition) is 0. The van der Waals surface area contributed by atoms with Crippen LogP contribution in [0.15, 0.2) is 36.0 Å². The van der Waals surface area contributed by atoms with Gasteiger partial charge in [0.1, 0.15) is 0 Å². The van der Waals surface area contributed by atoms with Gasteiger partial charge in [-0.1, -0.05) is 24.8 Å². The van der Waals surface area contributed by atoms with Crippen molar-refractivity contribution < 1.29 is 0 Å². The second-order valence-electron chi connectivity index (χ2n) is 3.24. The van der Waals surface area contributed by atoms with E-state index in [1.165, 1.54) is 30.4 Å². The van der Waals surface area contributed by atoms with Crippen LogP contribution in [0, 0.1) is 0 Å². The molecule has 0 saturated heterocycles. The van der Waals surface area contributed by atoms with Crippen molar-refractivity contribution >= 4 is 9.24 Å². The second kappa shape index (κ2) is 4.62. The molecule has 1 saturated carbocycles. The Morgan fingerprint density at radius 2 is 2.25 bits per heavy atom. The first-order valence-electron chi connectivity index (χ1n) is 4.50. The molecule has 0 spiro atoms. The maximum atomic E-state index is 3.73. The van der Waals surface area contributed by atoms with Crippen molar-refractivity contribution in [3.8, 4) is 0 Å². The molecule has 0 heterocycles. The molecule has 2 atom stereocenters. The van der Waals surface area contributed by atoms with Crippen LogP contribution in [0.1, 0.15) is 26.2 Å². The molecule has 2 unspecified atom stereocenters.